The third kappa shape index (κ3) is 2.12. The van der Waals surface area contributed by atoms with Crippen LogP contribution >= 0.6 is 11.3 Å². The monoisotopic (exact) mass is 206 g/mol. The van der Waals surface area contributed by atoms with Gasteiger partial charge < -0.3 is 5.32 Å². The molecule has 14 heavy (non-hydrogen) atoms. The molecule has 0 saturated heterocycles. The second-order valence-corrected chi connectivity index (χ2v) is 4.20. The molecule has 1 aromatic rings. The highest BCUT2D eigenvalue weighted by molar-refractivity contribution is 7.16. The Bertz CT molecular complexity index is 409. The van der Waals surface area contributed by atoms with Crippen LogP contribution in [0.2, 0.25) is 0 Å². The molecule has 72 valence electrons. The average Bonchev–Trinajstić information content (AvgIpc) is 2.92. The fourth-order valence-electron chi connectivity index (χ4n) is 1.07. The van der Waals surface area contributed by atoms with Crippen molar-refractivity contribution in [2.24, 2.45) is 5.92 Å². The summed E-state index contributed by atoms with van der Waals surface area (Å²) in [6.07, 6.45) is 3.71. The molecule has 1 N–H and O–H groups in total. The molecule has 3 nitrogen and oxygen atoms in total. The van der Waals surface area contributed by atoms with Gasteiger partial charge in [0.1, 0.15) is 0 Å². The van der Waals surface area contributed by atoms with Gasteiger partial charge in [-0.3, -0.25) is 4.79 Å². The molecule has 1 saturated carbocycles. The highest BCUT2D eigenvalue weighted by atomic mass is 32.1. The van der Waals surface area contributed by atoms with Crippen LogP contribution in [0.5, 0.6) is 0 Å². The Kier molecular flexibility index (Phi) is 2.51. The zero-order valence-corrected chi connectivity index (χ0v) is 8.65. The van der Waals surface area contributed by atoms with Crippen LogP contribution in [0, 0.1) is 17.8 Å². The van der Waals surface area contributed by atoms with Crippen molar-refractivity contribution in [3.63, 3.8) is 0 Å². The van der Waals surface area contributed by atoms with Gasteiger partial charge in [0.2, 0.25) is 5.91 Å². The Balaban J connectivity index is 2.00. The second kappa shape index (κ2) is 3.81. The van der Waals surface area contributed by atoms with Crippen LogP contribution in [0.4, 0.5) is 5.13 Å². The lowest BCUT2D eigenvalue weighted by Gasteiger charge is -1.96. The number of carbonyl (C=O) groups is 1. The van der Waals surface area contributed by atoms with Crippen LogP contribution in [-0.2, 0) is 4.79 Å². The fraction of sp³-hybridized carbons (Fsp3) is 0.400. The number of hydrogen-bond acceptors (Lipinski definition) is 3. The minimum atomic E-state index is 0.0929. The van der Waals surface area contributed by atoms with Gasteiger partial charge in [-0.1, -0.05) is 17.3 Å². The molecule has 1 amide bonds. The van der Waals surface area contributed by atoms with E-state index in [-0.39, 0.29) is 11.8 Å². The Hall–Kier alpha value is -1.34. The van der Waals surface area contributed by atoms with Crippen LogP contribution < -0.4 is 5.32 Å². The quantitative estimate of drug-likeness (QED) is 0.750. The third-order valence-corrected chi connectivity index (χ3v) is 2.76. The zero-order chi connectivity index (χ0) is 9.97. The van der Waals surface area contributed by atoms with E-state index in [2.05, 4.69) is 22.1 Å². The molecule has 0 unspecified atom stereocenters. The SMILES string of the molecule is CC#Cc1cnc(NC(=O)C2CC2)s1. The van der Waals surface area contributed by atoms with Gasteiger partial charge in [-0.2, -0.15) is 0 Å². The van der Waals surface area contributed by atoms with Crippen molar-refractivity contribution in [1.82, 2.24) is 4.98 Å². The van der Waals surface area contributed by atoms with Crippen molar-refractivity contribution < 1.29 is 4.79 Å². The number of amides is 1. The summed E-state index contributed by atoms with van der Waals surface area (Å²) in [7, 11) is 0. The molecular weight excluding hydrogens is 196 g/mol. The first-order valence-electron chi connectivity index (χ1n) is 4.49. The lowest BCUT2D eigenvalue weighted by Crippen LogP contribution is -2.12. The Labute approximate surface area is 86.6 Å². The summed E-state index contributed by atoms with van der Waals surface area (Å²) in [5.41, 5.74) is 0. The normalized spacial score (nSPS) is 14.4. The number of aromatic nitrogens is 1. The summed E-state index contributed by atoms with van der Waals surface area (Å²) in [6, 6.07) is 0. The number of thiazole rings is 1. The largest absolute Gasteiger partial charge is 0.302 e. The molecule has 1 aliphatic rings. The first kappa shape index (κ1) is 9.22. The predicted octanol–water partition coefficient (Wildman–Crippen LogP) is 1.86. The maximum absolute atomic E-state index is 11.4. The maximum Gasteiger partial charge on any atom is 0.229 e. The van der Waals surface area contributed by atoms with Crippen LogP contribution in [0.25, 0.3) is 0 Å². The van der Waals surface area contributed by atoms with Crippen molar-refractivity contribution >= 4 is 22.4 Å². The standard InChI is InChI=1S/C10H10N2OS/c1-2-3-8-6-11-10(14-8)12-9(13)7-4-5-7/h6-7H,4-5H2,1H3,(H,11,12,13). The predicted molar refractivity (Wildman–Crippen MR) is 56.0 cm³/mol. The molecule has 2 rings (SSSR count). The second-order valence-electron chi connectivity index (χ2n) is 3.17. The van der Waals surface area contributed by atoms with E-state index in [1.165, 1.54) is 11.3 Å². The Morgan fingerprint density at radius 1 is 1.71 bits per heavy atom. The Morgan fingerprint density at radius 2 is 2.50 bits per heavy atom. The maximum atomic E-state index is 11.4. The van der Waals surface area contributed by atoms with Crippen LogP contribution in [-0.4, -0.2) is 10.9 Å². The van der Waals surface area contributed by atoms with Gasteiger partial charge in [0.05, 0.1) is 11.1 Å². The molecule has 0 aliphatic heterocycles. The van der Waals surface area contributed by atoms with E-state index in [1.54, 1.807) is 13.1 Å². The summed E-state index contributed by atoms with van der Waals surface area (Å²) >= 11 is 1.41. The summed E-state index contributed by atoms with van der Waals surface area (Å²) in [5, 5.41) is 3.44. The minimum absolute atomic E-state index is 0.0929. The summed E-state index contributed by atoms with van der Waals surface area (Å²) in [5.74, 6) is 6.01. The van der Waals surface area contributed by atoms with E-state index >= 15 is 0 Å². The topological polar surface area (TPSA) is 42.0 Å². The van der Waals surface area contributed by atoms with Gasteiger partial charge in [-0.15, -0.1) is 5.92 Å². The number of rotatable bonds is 2. The summed E-state index contributed by atoms with van der Waals surface area (Å²) in [4.78, 5) is 16.3. The van der Waals surface area contributed by atoms with Crippen molar-refractivity contribution in [2.45, 2.75) is 19.8 Å². The first-order valence-corrected chi connectivity index (χ1v) is 5.30. The molecule has 0 radical (unpaired) electrons. The van der Waals surface area contributed by atoms with Crippen molar-refractivity contribution in [3.05, 3.63) is 11.1 Å². The van der Waals surface area contributed by atoms with Gasteiger partial charge in [0, 0.05) is 5.92 Å². The molecule has 0 atom stereocenters. The van der Waals surface area contributed by atoms with Gasteiger partial charge in [-0.05, 0) is 19.8 Å². The van der Waals surface area contributed by atoms with Crippen LogP contribution in [0.1, 0.15) is 24.6 Å². The van der Waals surface area contributed by atoms with Crippen LogP contribution in [0.3, 0.4) is 0 Å². The first-order chi connectivity index (χ1) is 6.79. The minimum Gasteiger partial charge on any atom is -0.302 e. The van der Waals surface area contributed by atoms with Gasteiger partial charge in [0.25, 0.3) is 0 Å². The molecule has 1 aliphatic carbocycles. The number of anilines is 1. The molecule has 0 aromatic carbocycles. The number of carbonyl (C=O) groups excluding carboxylic acids is 1. The summed E-state index contributed by atoms with van der Waals surface area (Å²) < 4.78 is 0. The summed E-state index contributed by atoms with van der Waals surface area (Å²) in [6.45, 7) is 1.78. The lowest BCUT2D eigenvalue weighted by molar-refractivity contribution is -0.117. The van der Waals surface area contributed by atoms with E-state index < -0.39 is 0 Å². The average molecular weight is 206 g/mol. The van der Waals surface area contributed by atoms with E-state index in [0.29, 0.717) is 5.13 Å². The third-order valence-electron chi connectivity index (χ3n) is 1.93. The lowest BCUT2D eigenvalue weighted by atomic mass is 10.4. The smallest absolute Gasteiger partial charge is 0.229 e. The van der Waals surface area contributed by atoms with Crippen molar-refractivity contribution in [1.29, 1.82) is 0 Å². The van der Waals surface area contributed by atoms with Gasteiger partial charge in [-0.25, -0.2) is 4.98 Å². The van der Waals surface area contributed by atoms with E-state index in [0.717, 1.165) is 17.7 Å². The van der Waals surface area contributed by atoms with Gasteiger partial charge in [0.15, 0.2) is 5.13 Å². The molecule has 4 heteroatoms. The number of nitrogens with one attached hydrogen (secondary N) is 1. The van der Waals surface area contributed by atoms with E-state index in [4.69, 9.17) is 0 Å². The highest BCUT2D eigenvalue weighted by Crippen LogP contribution is 2.30. The molecule has 0 bridgehead atoms. The fourth-order valence-corrected chi connectivity index (χ4v) is 1.79. The Morgan fingerprint density at radius 3 is 3.14 bits per heavy atom. The molecular formula is C10H10N2OS. The van der Waals surface area contributed by atoms with Crippen molar-refractivity contribution in [2.75, 3.05) is 5.32 Å². The van der Waals surface area contributed by atoms with Crippen LogP contribution in [0.15, 0.2) is 6.20 Å². The van der Waals surface area contributed by atoms with Gasteiger partial charge >= 0.3 is 0 Å². The van der Waals surface area contributed by atoms with E-state index in [9.17, 15) is 4.79 Å². The molecule has 1 aromatic heterocycles. The van der Waals surface area contributed by atoms with E-state index in [1.807, 2.05) is 0 Å². The molecule has 1 heterocycles. The molecule has 1 fully saturated rings. The highest BCUT2D eigenvalue weighted by Gasteiger charge is 2.29. The zero-order valence-electron chi connectivity index (χ0n) is 7.83. The number of nitrogens with zero attached hydrogens (tertiary/aromatic N) is 1. The molecule has 0 spiro atoms. The number of hydrogen-bond donors (Lipinski definition) is 1. The van der Waals surface area contributed by atoms with Crippen molar-refractivity contribution in [3.8, 4) is 11.8 Å².